The number of hydrogen-bond acceptors (Lipinski definition) is 5. The van der Waals surface area contributed by atoms with Crippen LogP contribution in [0.25, 0.3) is 0 Å². The van der Waals surface area contributed by atoms with Crippen molar-refractivity contribution >= 4 is 11.9 Å². The predicted octanol–water partition coefficient (Wildman–Crippen LogP) is 2.63. The number of carbonyl (C=O) groups is 2. The van der Waals surface area contributed by atoms with Crippen LogP contribution in [-0.2, 0) is 14.3 Å². The van der Waals surface area contributed by atoms with Crippen molar-refractivity contribution in [3.8, 4) is 11.5 Å². The van der Waals surface area contributed by atoms with Crippen LogP contribution in [0.5, 0.6) is 11.5 Å². The summed E-state index contributed by atoms with van der Waals surface area (Å²) in [6, 6.07) is 7.18. The van der Waals surface area contributed by atoms with Crippen molar-refractivity contribution in [3.05, 3.63) is 24.3 Å². The van der Waals surface area contributed by atoms with Crippen LogP contribution in [0.3, 0.4) is 0 Å². The Kier molecular flexibility index (Phi) is 6.70. The number of amides is 1. The summed E-state index contributed by atoms with van der Waals surface area (Å²) in [4.78, 5) is 24.2. The average Bonchev–Trinajstić information content (AvgIpc) is 2.64. The van der Waals surface area contributed by atoms with Gasteiger partial charge in [0.1, 0.15) is 17.0 Å². The smallest absolute Gasteiger partial charge is 0.330 e. The van der Waals surface area contributed by atoms with Crippen LogP contribution in [0.4, 0.5) is 0 Å². The van der Waals surface area contributed by atoms with Crippen LogP contribution in [0.2, 0.25) is 0 Å². The topological polar surface area (TPSA) is 94.1 Å². The number of ether oxygens (including phenoxy) is 3. The average molecular weight is 379 g/mol. The van der Waals surface area contributed by atoms with E-state index in [1.54, 1.807) is 31.4 Å². The summed E-state index contributed by atoms with van der Waals surface area (Å²) in [5, 5.41) is 12.4. The van der Waals surface area contributed by atoms with E-state index in [0.29, 0.717) is 25.4 Å². The van der Waals surface area contributed by atoms with Gasteiger partial charge in [0.2, 0.25) is 5.91 Å². The van der Waals surface area contributed by atoms with Crippen molar-refractivity contribution in [2.75, 3.05) is 20.3 Å². The zero-order valence-electron chi connectivity index (χ0n) is 16.4. The standard InChI is InChI=1S/C20H29NO6/c1-5-26-16-13-20(18(23)24,19(16,2)3)21-17(22)7-6-12-27-15-10-8-14(25-4)9-11-15/h8-11,16H,5-7,12-13H2,1-4H3,(H,21,22)(H,23,24). The van der Waals surface area contributed by atoms with E-state index in [-0.39, 0.29) is 24.9 Å². The largest absolute Gasteiger partial charge is 0.497 e. The predicted molar refractivity (Wildman–Crippen MR) is 100 cm³/mol. The third-order valence-corrected chi connectivity index (χ3v) is 5.36. The van der Waals surface area contributed by atoms with E-state index in [1.807, 2.05) is 20.8 Å². The Morgan fingerprint density at radius 1 is 1.22 bits per heavy atom. The lowest BCUT2D eigenvalue weighted by molar-refractivity contribution is -0.194. The quantitative estimate of drug-likeness (QED) is 0.607. The van der Waals surface area contributed by atoms with E-state index in [9.17, 15) is 14.7 Å². The molecule has 7 nitrogen and oxygen atoms in total. The first-order valence-electron chi connectivity index (χ1n) is 9.19. The van der Waals surface area contributed by atoms with Gasteiger partial charge < -0.3 is 24.6 Å². The molecule has 1 aromatic rings. The van der Waals surface area contributed by atoms with Gasteiger partial charge in [0.25, 0.3) is 0 Å². The Morgan fingerprint density at radius 2 is 1.85 bits per heavy atom. The third kappa shape index (κ3) is 4.35. The first kappa shape index (κ1) is 21.0. The van der Waals surface area contributed by atoms with Gasteiger partial charge >= 0.3 is 5.97 Å². The lowest BCUT2D eigenvalue weighted by atomic mass is 9.54. The molecule has 2 rings (SSSR count). The van der Waals surface area contributed by atoms with Crippen molar-refractivity contribution < 1.29 is 28.9 Å². The number of nitrogens with one attached hydrogen (secondary N) is 1. The second kappa shape index (κ2) is 8.61. The Labute approximate surface area is 160 Å². The summed E-state index contributed by atoms with van der Waals surface area (Å²) in [5.41, 5.74) is -1.97. The number of benzene rings is 1. The molecular weight excluding hydrogens is 350 g/mol. The van der Waals surface area contributed by atoms with E-state index in [4.69, 9.17) is 14.2 Å². The van der Waals surface area contributed by atoms with Crippen LogP contribution in [0.15, 0.2) is 24.3 Å². The van der Waals surface area contributed by atoms with E-state index in [2.05, 4.69) is 5.32 Å². The molecule has 1 aliphatic carbocycles. The van der Waals surface area contributed by atoms with Gasteiger partial charge in [0, 0.05) is 24.9 Å². The highest BCUT2D eigenvalue weighted by Crippen LogP contribution is 2.51. The highest BCUT2D eigenvalue weighted by molar-refractivity contribution is 5.89. The molecule has 0 radical (unpaired) electrons. The van der Waals surface area contributed by atoms with Crippen molar-refractivity contribution in [3.63, 3.8) is 0 Å². The molecule has 1 amide bonds. The molecule has 150 valence electrons. The minimum Gasteiger partial charge on any atom is -0.497 e. The maximum absolute atomic E-state index is 12.3. The zero-order chi connectivity index (χ0) is 20.1. The normalized spacial score (nSPS) is 23.2. The molecule has 7 heteroatoms. The Hall–Kier alpha value is -2.28. The maximum Gasteiger partial charge on any atom is 0.330 e. The molecule has 1 fully saturated rings. The van der Waals surface area contributed by atoms with Crippen LogP contribution in [0.1, 0.15) is 40.0 Å². The molecule has 0 aromatic heterocycles. The maximum atomic E-state index is 12.3. The third-order valence-electron chi connectivity index (χ3n) is 5.36. The number of hydrogen-bond donors (Lipinski definition) is 2. The van der Waals surface area contributed by atoms with E-state index < -0.39 is 16.9 Å². The van der Waals surface area contributed by atoms with Crippen LogP contribution in [0, 0.1) is 5.41 Å². The lowest BCUT2D eigenvalue weighted by Gasteiger charge is -2.58. The molecule has 27 heavy (non-hydrogen) atoms. The van der Waals surface area contributed by atoms with Gasteiger partial charge in [-0.05, 0) is 37.6 Å². The fourth-order valence-corrected chi connectivity index (χ4v) is 3.43. The SMILES string of the molecule is CCOC1CC(NC(=O)CCCOc2ccc(OC)cc2)(C(=O)O)C1(C)C. The number of methoxy groups -OCH3 is 1. The first-order chi connectivity index (χ1) is 12.8. The molecule has 0 bridgehead atoms. The van der Waals surface area contributed by atoms with Gasteiger partial charge in [-0.15, -0.1) is 0 Å². The van der Waals surface area contributed by atoms with Gasteiger partial charge in [-0.25, -0.2) is 4.79 Å². The molecule has 0 aliphatic heterocycles. The van der Waals surface area contributed by atoms with Crippen molar-refractivity contribution in [2.24, 2.45) is 5.41 Å². The molecule has 0 heterocycles. The summed E-state index contributed by atoms with van der Waals surface area (Å²) in [5.74, 6) is 0.122. The number of rotatable bonds is 10. The van der Waals surface area contributed by atoms with Crippen LogP contribution >= 0.6 is 0 Å². The van der Waals surface area contributed by atoms with E-state index in [1.165, 1.54) is 0 Å². The zero-order valence-corrected chi connectivity index (χ0v) is 16.4. The second-order valence-electron chi connectivity index (χ2n) is 7.26. The first-order valence-corrected chi connectivity index (χ1v) is 9.19. The number of carboxylic acid groups (broad SMARTS) is 1. The molecule has 1 aromatic carbocycles. The molecule has 2 N–H and O–H groups in total. The number of carboxylic acids is 1. The van der Waals surface area contributed by atoms with Gasteiger partial charge in [0.05, 0.1) is 19.8 Å². The molecule has 1 aliphatic rings. The van der Waals surface area contributed by atoms with Crippen molar-refractivity contribution in [1.82, 2.24) is 5.32 Å². The molecule has 0 saturated heterocycles. The van der Waals surface area contributed by atoms with Crippen LogP contribution < -0.4 is 14.8 Å². The Balaban J connectivity index is 1.82. The van der Waals surface area contributed by atoms with Gasteiger partial charge in [-0.2, -0.15) is 0 Å². The van der Waals surface area contributed by atoms with Crippen molar-refractivity contribution in [2.45, 2.75) is 51.7 Å². The molecular formula is C20H29NO6. The molecule has 2 atom stereocenters. The highest BCUT2D eigenvalue weighted by atomic mass is 16.5. The summed E-state index contributed by atoms with van der Waals surface area (Å²) in [7, 11) is 1.60. The van der Waals surface area contributed by atoms with Gasteiger partial charge in [-0.3, -0.25) is 4.79 Å². The highest BCUT2D eigenvalue weighted by Gasteiger charge is 2.66. The van der Waals surface area contributed by atoms with Crippen LogP contribution in [-0.4, -0.2) is 48.9 Å². The lowest BCUT2D eigenvalue weighted by Crippen LogP contribution is -2.76. The fraction of sp³-hybridized carbons (Fsp3) is 0.600. The molecule has 2 unspecified atom stereocenters. The monoisotopic (exact) mass is 379 g/mol. The van der Waals surface area contributed by atoms with E-state index in [0.717, 1.165) is 5.75 Å². The number of aliphatic carboxylic acids is 1. The fourth-order valence-electron chi connectivity index (χ4n) is 3.43. The summed E-state index contributed by atoms with van der Waals surface area (Å²) < 4.78 is 16.3. The Bertz CT molecular complexity index is 657. The summed E-state index contributed by atoms with van der Waals surface area (Å²) >= 11 is 0. The molecule has 0 spiro atoms. The van der Waals surface area contributed by atoms with Gasteiger partial charge in [-0.1, -0.05) is 13.8 Å². The number of carbonyl (C=O) groups excluding carboxylic acids is 1. The van der Waals surface area contributed by atoms with Crippen molar-refractivity contribution in [1.29, 1.82) is 0 Å². The molecule has 1 saturated carbocycles. The summed E-state index contributed by atoms with van der Waals surface area (Å²) in [6.07, 6.45) is 0.776. The van der Waals surface area contributed by atoms with Gasteiger partial charge in [0.15, 0.2) is 0 Å². The minimum atomic E-state index is -1.29. The second-order valence-corrected chi connectivity index (χ2v) is 7.26. The summed E-state index contributed by atoms with van der Waals surface area (Å²) in [6.45, 7) is 6.39. The Morgan fingerprint density at radius 3 is 2.37 bits per heavy atom. The minimum absolute atomic E-state index is 0.183. The van der Waals surface area contributed by atoms with E-state index >= 15 is 0 Å².